The Labute approximate surface area is 119 Å². The van der Waals surface area contributed by atoms with Crippen molar-refractivity contribution in [1.82, 2.24) is 10.2 Å². The SMILES string of the molecule is CCNCC1CCN(Cc2ccc(F)cc2Cl)CC1. The largest absolute Gasteiger partial charge is 0.317 e. The van der Waals surface area contributed by atoms with Gasteiger partial charge in [0.15, 0.2) is 0 Å². The van der Waals surface area contributed by atoms with E-state index in [1.165, 1.54) is 25.0 Å². The number of rotatable bonds is 5. The van der Waals surface area contributed by atoms with Crippen LogP contribution in [0.2, 0.25) is 5.02 Å². The summed E-state index contributed by atoms with van der Waals surface area (Å²) in [6, 6.07) is 4.68. The van der Waals surface area contributed by atoms with Crippen molar-refractivity contribution in [1.29, 1.82) is 0 Å². The average Bonchev–Trinajstić information content (AvgIpc) is 2.41. The van der Waals surface area contributed by atoms with Gasteiger partial charge in [0.1, 0.15) is 5.82 Å². The third-order valence-electron chi connectivity index (χ3n) is 3.80. The summed E-state index contributed by atoms with van der Waals surface area (Å²) in [5, 5.41) is 3.95. The third-order valence-corrected chi connectivity index (χ3v) is 4.15. The summed E-state index contributed by atoms with van der Waals surface area (Å²) in [6.07, 6.45) is 2.46. The summed E-state index contributed by atoms with van der Waals surface area (Å²) < 4.78 is 13.0. The molecule has 1 aliphatic rings. The van der Waals surface area contributed by atoms with Gasteiger partial charge in [-0.25, -0.2) is 4.39 Å². The van der Waals surface area contributed by atoms with E-state index in [-0.39, 0.29) is 5.82 Å². The molecule has 2 nitrogen and oxygen atoms in total. The summed E-state index contributed by atoms with van der Waals surface area (Å²) in [5.41, 5.74) is 1.02. The van der Waals surface area contributed by atoms with Crippen molar-refractivity contribution in [2.24, 2.45) is 5.92 Å². The second-order valence-corrected chi connectivity index (χ2v) is 5.67. The van der Waals surface area contributed by atoms with E-state index >= 15 is 0 Å². The highest BCUT2D eigenvalue weighted by Crippen LogP contribution is 2.22. The van der Waals surface area contributed by atoms with Gasteiger partial charge in [-0.3, -0.25) is 4.90 Å². The minimum absolute atomic E-state index is 0.266. The van der Waals surface area contributed by atoms with Crippen molar-refractivity contribution in [2.75, 3.05) is 26.2 Å². The van der Waals surface area contributed by atoms with Gasteiger partial charge in [-0.1, -0.05) is 24.6 Å². The fourth-order valence-corrected chi connectivity index (χ4v) is 2.81. The van der Waals surface area contributed by atoms with Crippen molar-refractivity contribution in [3.05, 3.63) is 34.6 Å². The highest BCUT2D eigenvalue weighted by Gasteiger charge is 2.19. The second-order valence-electron chi connectivity index (χ2n) is 5.26. The molecule has 0 atom stereocenters. The first-order chi connectivity index (χ1) is 9.19. The Hall–Kier alpha value is -0.640. The molecule has 1 N–H and O–H groups in total. The number of hydrogen-bond acceptors (Lipinski definition) is 2. The molecule has 0 spiro atoms. The number of piperidine rings is 1. The van der Waals surface area contributed by atoms with Gasteiger partial charge in [0.25, 0.3) is 0 Å². The van der Waals surface area contributed by atoms with Crippen LogP contribution < -0.4 is 5.32 Å². The van der Waals surface area contributed by atoms with Crippen molar-refractivity contribution in [3.63, 3.8) is 0 Å². The fourth-order valence-electron chi connectivity index (χ4n) is 2.59. The van der Waals surface area contributed by atoms with Crippen molar-refractivity contribution in [2.45, 2.75) is 26.3 Å². The quantitative estimate of drug-likeness (QED) is 0.892. The Kier molecular flexibility index (Phi) is 5.61. The Bertz CT molecular complexity index is 403. The smallest absolute Gasteiger partial charge is 0.124 e. The third kappa shape index (κ3) is 4.44. The zero-order chi connectivity index (χ0) is 13.7. The van der Waals surface area contributed by atoms with Crippen LogP contribution in [0.4, 0.5) is 4.39 Å². The number of nitrogens with one attached hydrogen (secondary N) is 1. The molecule has 1 saturated heterocycles. The summed E-state index contributed by atoms with van der Waals surface area (Å²) in [6.45, 7) is 7.35. The number of halogens is 2. The van der Waals surface area contributed by atoms with Crippen LogP contribution in [0.15, 0.2) is 18.2 Å². The second kappa shape index (κ2) is 7.22. The van der Waals surface area contributed by atoms with Crippen LogP contribution in [0.3, 0.4) is 0 Å². The maximum atomic E-state index is 13.0. The van der Waals surface area contributed by atoms with Gasteiger partial charge < -0.3 is 5.32 Å². The normalized spacial score (nSPS) is 17.8. The first-order valence-electron chi connectivity index (χ1n) is 7.06. The molecule has 0 amide bonds. The molecule has 0 radical (unpaired) electrons. The van der Waals surface area contributed by atoms with Crippen LogP contribution in [0.1, 0.15) is 25.3 Å². The van der Waals surface area contributed by atoms with Crippen molar-refractivity contribution >= 4 is 11.6 Å². The van der Waals surface area contributed by atoms with E-state index < -0.39 is 0 Å². The molecule has 0 saturated carbocycles. The molecule has 1 aliphatic heterocycles. The van der Waals surface area contributed by atoms with Gasteiger partial charge >= 0.3 is 0 Å². The lowest BCUT2D eigenvalue weighted by Crippen LogP contribution is -2.36. The van der Waals surface area contributed by atoms with E-state index in [1.807, 2.05) is 0 Å². The maximum Gasteiger partial charge on any atom is 0.124 e. The van der Waals surface area contributed by atoms with E-state index in [0.29, 0.717) is 5.02 Å². The molecule has 1 aromatic carbocycles. The molecule has 1 aromatic rings. The zero-order valence-corrected chi connectivity index (χ0v) is 12.2. The monoisotopic (exact) mass is 284 g/mol. The maximum absolute atomic E-state index is 13.0. The number of hydrogen-bond donors (Lipinski definition) is 1. The van der Waals surface area contributed by atoms with Crippen LogP contribution in [0, 0.1) is 11.7 Å². The van der Waals surface area contributed by atoms with Crippen LogP contribution in [-0.2, 0) is 6.54 Å². The number of likely N-dealkylation sites (tertiary alicyclic amines) is 1. The minimum Gasteiger partial charge on any atom is -0.317 e. The molecular weight excluding hydrogens is 263 g/mol. The molecule has 1 fully saturated rings. The highest BCUT2D eigenvalue weighted by atomic mass is 35.5. The van der Waals surface area contributed by atoms with E-state index in [4.69, 9.17) is 11.6 Å². The summed E-state index contributed by atoms with van der Waals surface area (Å²) in [7, 11) is 0. The fraction of sp³-hybridized carbons (Fsp3) is 0.600. The van der Waals surface area contributed by atoms with Gasteiger partial charge in [-0.2, -0.15) is 0 Å². The van der Waals surface area contributed by atoms with Crippen LogP contribution >= 0.6 is 11.6 Å². The van der Waals surface area contributed by atoms with E-state index in [2.05, 4.69) is 17.1 Å². The Balaban J connectivity index is 1.82. The predicted molar refractivity (Wildman–Crippen MR) is 78.0 cm³/mol. The van der Waals surface area contributed by atoms with Gasteiger partial charge in [0.05, 0.1) is 0 Å². The molecule has 1 heterocycles. The van der Waals surface area contributed by atoms with Crippen molar-refractivity contribution in [3.8, 4) is 0 Å². The summed E-state index contributed by atoms with van der Waals surface area (Å²) in [5.74, 6) is 0.526. The Morgan fingerprint density at radius 1 is 1.37 bits per heavy atom. The molecule has 0 unspecified atom stereocenters. The number of benzene rings is 1. The van der Waals surface area contributed by atoms with E-state index in [0.717, 1.165) is 44.2 Å². The Morgan fingerprint density at radius 2 is 2.11 bits per heavy atom. The lowest BCUT2D eigenvalue weighted by Gasteiger charge is -2.32. The van der Waals surface area contributed by atoms with E-state index in [1.54, 1.807) is 6.07 Å². The highest BCUT2D eigenvalue weighted by molar-refractivity contribution is 6.31. The standard InChI is InChI=1S/C15H22ClFN2/c1-2-18-10-12-5-7-19(8-6-12)11-13-3-4-14(17)9-15(13)16/h3-4,9,12,18H,2,5-8,10-11H2,1H3. The van der Waals surface area contributed by atoms with Crippen LogP contribution in [0.25, 0.3) is 0 Å². The molecule has 4 heteroatoms. The molecule has 19 heavy (non-hydrogen) atoms. The van der Waals surface area contributed by atoms with Gasteiger partial charge in [-0.05, 0) is 62.6 Å². The van der Waals surface area contributed by atoms with E-state index in [9.17, 15) is 4.39 Å². The lowest BCUT2D eigenvalue weighted by molar-refractivity contribution is 0.176. The molecule has 2 rings (SSSR count). The van der Waals surface area contributed by atoms with Gasteiger partial charge in [-0.15, -0.1) is 0 Å². The minimum atomic E-state index is -0.266. The molecular formula is C15H22ClFN2. The van der Waals surface area contributed by atoms with Crippen molar-refractivity contribution < 1.29 is 4.39 Å². The molecule has 0 aromatic heterocycles. The molecule has 0 aliphatic carbocycles. The summed E-state index contributed by atoms with van der Waals surface area (Å²) in [4.78, 5) is 2.40. The Morgan fingerprint density at radius 3 is 2.74 bits per heavy atom. The lowest BCUT2D eigenvalue weighted by atomic mass is 9.96. The zero-order valence-electron chi connectivity index (χ0n) is 11.5. The summed E-state index contributed by atoms with van der Waals surface area (Å²) >= 11 is 6.07. The molecule has 106 valence electrons. The average molecular weight is 285 g/mol. The van der Waals surface area contributed by atoms with Gasteiger partial charge in [0.2, 0.25) is 0 Å². The first-order valence-corrected chi connectivity index (χ1v) is 7.44. The number of nitrogens with zero attached hydrogens (tertiary/aromatic N) is 1. The predicted octanol–water partition coefficient (Wildman–Crippen LogP) is 3.30. The topological polar surface area (TPSA) is 15.3 Å². The molecule has 0 bridgehead atoms. The first kappa shape index (κ1) is 14.8. The van der Waals surface area contributed by atoms with Gasteiger partial charge in [0, 0.05) is 11.6 Å². The van der Waals surface area contributed by atoms with Crippen LogP contribution in [-0.4, -0.2) is 31.1 Å². The van der Waals surface area contributed by atoms with Crippen LogP contribution in [0.5, 0.6) is 0 Å².